The van der Waals surface area contributed by atoms with Gasteiger partial charge in [0.05, 0.1) is 0 Å². The predicted octanol–water partition coefficient (Wildman–Crippen LogP) is 5.86. The normalized spacial score (nSPS) is 35.7. The topological polar surface area (TPSA) is 12.5 Å². The van der Waals surface area contributed by atoms with Crippen LogP contribution in [-0.4, -0.2) is 11.6 Å². The number of nitrogens with zero attached hydrogens (tertiary/aromatic N) is 1. The minimum absolute atomic E-state index is 0.672. The maximum absolute atomic E-state index is 6.07. The molecule has 0 amide bonds. The summed E-state index contributed by atoms with van der Waals surface area (Å²) in [5, 5.41) is 0. The molecule has 0 radical (unpaired) electrons. The van der Waals surface area contributed by atoms with Crippen LogP contribution in [0.25, 0.3) is 0 Å². The first-order valence-corrected chi connectivity index (χ1v) is 10.6. The molecule has 0 saturated heterocycles. The Morgan fingerprint density at radius 1 is 1.00 bits per heavy atom. The first kappa shape index (κ1) is 16.5. The third-order valence-electron chi connectivity index (χ3n) is 7.50. The molecule has 4 atom stereocenters. The van der Waals surface area contributed by atoms with E-state index in [1.54, 1.807) is 5.56 Å². The summed E-state index contributed by atoms with van der Waals surface area (Å²) in [6.45, 7) is 6.61. The van der Waals surface area contributed by atoms with E-state index in [2.05, 4.69) is 55.2 Å². The highest BCUT2D eigenvalue weighted by molar-refractivity contribution is 5.41. The van der Waals surface area contributed by atoms with Gasteiger partial charge in [0.2, 0.25) is 0 Å². The summed E-state index contributed by atoms with van der Waals surface area (Å²) in [5.74, 6) is 5.59. The Labute approximate surface area is 157 Å². The molecule has 0 spiro atoms. The van der Waals surface area contributed by atoms with Crippen molar-refractivity contribution in [3.63, 3.8) is 0 Å². The maximum Gasteiger partial charge on any atom is 0.161 e. The van der Waals surface area contributed by atoms with Gasteiger partial charge in [0.1, 0.15) is 5.75 Å². The third-order valence-corrected chi connectivity index (χ3v) is 7.50. The van der Waals surface area contributed by atoms with Crippen LogP contribution in [0.3, 0.4) is 0 Å². The van der Waals surface area contributed by atoms with Crippen LogP contribution in [0.5, 0.6) is 5.75 Å². The number of benzene rings is 1. The number of fused-ring (bicyclic) bond motifs is 2. The van der Waals surface area contributed by atoms with Gasteiger partial charge in [0.25, 0.3) is 0 Å². The standard InChI is InChI=1S/C24H31NO/c1-16-10-17(2)23-13-19(12-22(16)23)18-8-9-24-20(11-18)14-25(15-26-24)21-6-4-3-5-7-21/h4,6-9,11,16-17,19,22-23H,3,5,10,12-15H2,1-2H3. The zero-order chi connectivity index (χ0) is 17.7. The smallest absolute Gasteiger partial charge is 0.161 e. The molecule has 2 heteroatoms. The zero-order valence-electron chi connectivity index (χ0n) is 16.2. The first-order chi connectivity index (χ1) is 12.7. The summed E-state index contributed by atoms with van der Waals surface area (Å²) in [7, 11) is 0. The van der Waals surface area contributed by atoms with E-state index in [0.29, 0.717) is 6.73 Å². The molecule has 2 saturated carbocycles. The lowest BCUT2D eigenvalue weighted by atomic mass is 9.89. The molecule has 1 aromatic rings. The molecule has 1 heterocycles. The fourth-order valence-electron chi connectivity index (χ4n) is 6.14. The predicted molar refractivity (Wildman–Crippen MR) is 106 cm³/mol. The fourth-order valence-corrected chi connectivity index (χ4v) is 6.14. The third kappa shape index (κ3) is 2.78. The molecular formula is C24H31NO. The molecule has 3 aliphatic carbocycles. The molecule has 0 N–H and O–H groups in total. The molecule has 5 rings (SSSR count). The Balaban J connectivity index is 1.35. The Morgan fingerprint density at radius 2 is 1.81 bits per heavy atom. The highest BCUT2D eigenvalue weighted by atomic mass is 16.5. The molecule has 2 nitrogen and oxygen atoms in total. The van der Waals surface area contributed by atoms with Crippen molar-refractivity contribution >= 4 is 0 Å². The van der Waals surface area contributed by atoms with Crippen LogP contribution in [0.1, 0.15) is 63.0 Å². The van der Waals surface area contributed by atoms with Gasteiger partial charge in [-0.3, -0.25) is 0 Å². The van der Waals surface area contributed by atoms with Crippen LogP contribution in [-0.2, 0) is 6.54 Å². The van der Waals surface area contributed by atoms with Gasteiger partial charge in [-0.1, -0.05) is 38.1 Å². The van der Waals surface area contributed by atoms with Gasteiger partial charge < -0.3 is 9.64 Å². The highest BCUT2D eigenvalue weighted by Gasteiger charge is 2.45. The van der Waals surface area contributed by atoms with Crippen molar-refractivity contribution in [3.05, 3.63) is 53.3 Å². The molecular weight excluding hydrogens is 318 g/mol. The minimum Gasteiger partial charge on any atom is -0.473 e. The summed E-state index contributed by atoms with van der Waals surface area (Å²) < 4.78 is 6.07. The van der Waals surface area contributed by atoms with Gasteiger partial charge in [0.15, 0.2) is 6.73 Å². The molecule has 26 heavy (non-hydrogen) atoms. The fraction of sp³-hybridized carbons (Fsp3) is 0.583. The number of hydrogen-bond acceptors (Lipinski definition) is 2. The molecule has 4 aliphatic rings. The van der Waals surface area contributed by atoms with Crippen LogP contribution < -0.4 is 4.74 Å². The Kier molecular flexibility index (Phi) is 4.10. The van der Waals surface area contributed by atoms with Crippen LogP contribution in [0.4, 0.5) is 0 Å². The molecule has 2 fully saturated rings. The maximum atomic E-state index is 6.07. The minimum atomic E-state index is 0.672. The van der Waals surface area contributed by atoms with Crippen LogP contribution in [0, 0.1) is 23.7 Å². The SMILES string of the molecule is CC1CC(C)C2CC(c3ccc4c(c3)CN(C3=CCCC=C3)CO4)CC12. The molecule has 138 valence electrons. The van der Waals surface area contributed by atoms with Crippen LogP contribution in [0.15, 0.2) is 42.1 Å². The van der Waals surface area contributed by atoms with E-state index in [1.165, 1.54) is 36.9 Å². The number of ether oxygens (including phenoxy) is 1. The van der Waals surface area contributed by atoms with Crippen LogP contribution in [0.2, 0.25) is 0 Å². The average molecular weight is 350 g/mol. The molecule has 0 aromatic heterocycles. The summed E-state index contributed by atoms with van der Waals surface area (Å²) in [6.07, 6.45) is 13.4. The second-order valence-electron chi connectivity index (χ2n) is 9.13. The lowest BCUT2D eigenvalue weighted by Gasteiger charge is -2.32. The Hall–Kier alpha value is -1.70. The Morgan fingerprint density at radius 3 is 2.54 bits per heavy atom. The number of allylic oxidation sites excluding steroid dienone is 3. The zero-order valence-corrected chi connectivity index (χ0v) is 16.2. The van der Waals surface area contributed by atoms with E-state index in [-0.39, 0.29) is 0 Å². The van der Waals surface area contributed by atoms with Gasteiger partial charge in [-0.2, -0.15) is 0 Å². The van der Waals surface area contributed by atoms with Gasteiger partial charge in [-0.15, -0.1) is 0 Å². The van der Waals surface area contributed by atoms with E-state index >= 15 is 0 Å². The van der Waals surface area contributed by atoms with E-state index in [0.717, 1.165) is 48.3 Å². The monoisotopic (exact) mass is 349 g/mol. The van der Waals surface area contributed by atoms with Gasteiger partial charge in [-0.05, 0) is 79.4 Å². The highest BCUT2D eigenvalue weighted by Crippen LogP contribution is 2.55. The average Bonchev–Trinajstić information content (AvgIpc) is 3.23. The molecule has 1 aliphatic heterocycles. The lowest BCUT2D eigenvalue weighted by molar-refractivity contribution is 0.131. The largest absolute Gasteiger partial charge is 0.473 e. The summed E-state index contributed by atoms with van der Waals surface area (Å²) in [5.41, 5.74) is 4.24. The van der Waals surface area contributed by atoms with Crippen molar-refractivity contribution in [1.29, 1.82) is 0 Å². The van der Waals surface area contributed by atoms with Crippen molar-refractivity contribution < 1.29 is 4.74 Å². The number of hydrogen-bond donors (Lipinski definition) is 0. The molecule has 4 unspecified atom stereocenters. The Bertz CT molecular complexity index is 733. The van der Waals surface area contributed by atoms with E-state index in [9.17, 15) is 0 Å². The lowest BCUT2D eigenvalue weighted by Crippen LogP contribution is -2.31. The van der Waals surface area contributed by atoms with Crippen molar-refractivity contribution in [1.82, 2.24) is 4.90 Å². The van der Waals surface area contributed by atoms with Gasteiger partial charge >= 0.3 is 0 Å². The van der Waals surface area contributed by atoms with E-state index in [4.69, 9.17) is 4.74 Å². The van der Waals surface area contributed by atoms with Crippen molar-refractivity contribution in [2.75, 3.05) is 6.73 Å². The summed E-state index contributed by atoms with van der Waals surface area (Å²) in [4.78, 5) is 2.37. The quantitative estimate of drug-likeness (QED) is 0.663. The molecule has 1 aromatic carbocycles. The number of rotatable bonds is 2. The second kappa shape index (κ2) is 6.48. The first-order valence-electron chi connectivity index (χ1n) is 10.6. The van der Waals surface area contributed by atoms with Crippen molar-refractivity contribution in [2.24, 2.45) is 23.7 Å². The molecule has 0 bridgehead atoms. The van der Waals surface area contributed by atoms with Crippen molar-refractivity contribution in [3.8, 4) is 5.75 Å². The van der Waals surface area contributed by atoms with E-state index < -0.39 is 0 Å². The van der Waals surface area contributed by atoms with Gasteiger partial charge in [-0.25, -0.2) is 0 Å². The van der Waals surface area contributed by atoms with Gasteiger partial charge in [0, 0.05) is 17.8 Å². The van der Waals surface area contributed by atoms with Crippen molar-refractivity contribution in [2.45, 2.75) is 58.4 Å². The summed E-state index contributed by atoms with van der Waals surface area (Å²) >= 11 is 0. The summed E-state index contributed by atoms with van der Waals surface area (Å²) in [6, 6.07) is 7.03. The van der Waals surface area contributed by atoms with E-state index in [1.807, 2.05) is 0 Å². The second-order valence-corrected chi connectivity index (χ2v) is 9.13. The van der Waals surface area contributed by atoms with Crippen LogP contribution >= 0.6 is 0 Å².